The van der Waals surface area contributed by atoms with Crippen LogP contribution < -0.4 is 14.8 Å². The molecule has 1 heterocycles. The van der Waals surface area contributed by atoms with Crippen molar-refractivity contribution < 1.29 is 14.3 Å². The third kappa shape index (κ3) is 7.56. The lowest BCUT2D eigenvalue weighted by Crippen LogP contribution is -2.48. The normalized spacial score (nSPS) is 14.5. The van der Waals surface area contributed by atoms with E-state index >= 15 is 0 Å². The Labute approximate surface area is 190 Å². The minimum Gasteiger partial charge on any atom is -0.493 e. The number of nitriles is 1. The smallest absolute Gasteiger partial charge is 0.220 e. The molecule has 1 saturated heterocycles. The minimum absolute atomic E-state index is 0.0445. The van der Waals surface area contributed by atoms with E-state index in [0.717, 1.165) is 39.3 Å². The van der Waals surface area contributed by atoms with Crippen molar-refractivity contribution in [1.29, 1.82) is 5.26 Å². The second-order valence-electron chi connectivity index (χ2n) is 7.88. The fraction of sp³-hybridized carbons (Fsp3) is 0.440. The molecule has 7 nitrogen and oxygen atoms in total. The van der Waals surface area contributed by atoms with Crippen LogP contribution in [-0.2, 0) is 11.3 Å². The molecule has 1 aliphatic rings. The zero-order valence-corrected chi connectivity index (χ0v) is 18.8. The maximum atomic E-state index is 12.1. The van der Waals surface area contributed by atoms with Crippen molar-refractivity contribution in [3.8, 4) is 17.6 Å². The molecule has 1 N–H and O–H groups in total. The van der Waals surface area contributed by atoms with Gasteiger partial charge < -0.3 is 14.8 Å². The predicted molar refractivity (Wildman–Crippen MR) is 124 cm³/mol. The van der Waals surface area contributed by atoms with Gasteiger partial charge >= 0.3 is 0 Å². The van der Waals surface area contributed by atoms with Crippen LogP contribution in [0.25, 0.3) is 0 Å². The van der Waals surface area contributed by atoms with Crippen molar-refractivity contribution >= 4 is 5.91 Å². The number of methoxy groups -OCH3 is 1. The number of benzene rings is 2. The second kappa shape index (κ2) is 12.7. The third-order valence-corrected chi connectivity index (χ3v) is 5.56. The van der Waals surface area contributed by atoms with Gasteiger partial charge in [0.05, 0.1) is 25.3 Å². The van der Waals surface area contributed by atoms with Gasteiger partial charge in [0.25, 0.3) is 0 Å². The summed E-state index contributed by atoms with van der Waals surface area (Å²) in [6, 6.07) is 17.7. The summed E-state index contributed by atoms with van der Waals surface area (Å²) in [5, 5.41) is 12.0. The zero-order chi connectivity index (χ0) is 22.6. The van der Waals surface area contributed by atoms with Gasteiger partial charge in [0.2, 0.25) is 5.91 Å². The summed E-state index contributed by atoms with van der Waals surface area (Å²) < 4.78 is 11.0. The SMILES string of the molecule is COc1cc(C#N)ccc1OCCCC(=O)NCCN1CCN(Cc2ccccc2)CC1. The van der Waals surface area contributed by atoms with Gasteiger partial charge in [-0.3, -0.25) is 14.6 Å². The van der Waals surface area contributed by atoms with Crippen LogP contribution in [0.3, 0.4) is 0 Å². The van der Waals surface area contributed by atoms with Crippen LogP contribution >= 0.6 is 0 Å². The fourth-order valence-corrected chi connectivity index (χ4v) is 3.73. The number of carbonyl (C=O) groups is 1. The van der Waals surface area contributed by atoms with Crippen LogP contribution in [0.2, 0.25) is 0 Å². The molecule has 0 bridgehead atoms. The lowest BCUT2D eigenvalue weighted by molar-refractivity contribution is -0.121. The third-order valence-electron chi connectivity index (χ3n) is 5.56. The summed E-state index contributed by atoms with van der Waals surface area (Å²) in [7, 11) is 1.54. The maximum absolute atomic E-state index is 12.1. The number of hydrogen-bond donors (Lipinski definition) is 1. The van der Waals surface area contributed by atoms with Crippen LogP contribution in [0.1, 0.15) is 24.0 Å². The topological polar surface area (TPSA) is 77.8 Å². The zero-order valence-electron chi connectivity index (χ0n) is 18.8. The Morgan fingerprint density at radius 1 is 1.06 bits per heavy atom. The molecule has 0 spiro atoms. The number of nitrogens with zero attached hydrogens (tertiary/aromatic N) is 3. The monoisotopic (exact) mass is 436 g/mol. The van der Waals surface area contributed by atoms with E-state index in [0.29, 0.717) is 43.1 Å². The number of nitrogens with one attached hydrogen (secondary N) is 1. The molecule has 2 aromatic carbocycles. The Hall–Kier alpha value is -3.08. The average Bonchev–Trinajstić information content (AvgIpc) is 2.83. The number of rotatable bonds is 11. The van der Waals surface area contributed by atoms with Gasteiger partial charge in [0, 0.05) is 58.3 Å². The quantitative estimate of drug-likeness (QED) is 0.546. The average molecular weight is 437 g/mol. The van der Waals surface area contributed by atoms with E-state index in [-0.39, 0.29) is 5.91 Å². The largest absolute Gasteiger partial charge is 0.493 e. The summed E-state index contributed by atoms with van der Waals surface area (Å²) in [5.41, 5.74) is 1.88. The molecular formula is C25H32N4O3. The van der Waals surface area contributed by atoms with Crippen molar-refractivity contribution in [2.45, 2.75) is 19.4 Å². The first-order valence-electron chi connectivity index (χ1n) is 11.1. The van der Waals surface area contributed by atoms with Crippen molar-refractivity contribution in [1.82, 2.24) is 15.1 Å². The molecule has 1 fully saturated rings. The lowest BCUT2D eigenvalue weighted by Gasteiger charge is -2.34. The number of amides is 1. The Balaban J connectivity index is 1.25. The molecule has 0 atom stereocenters. The number of piperazine rings is 1. The molecule has 3 rings (SSSR count). The van der Waals surface area contributed by atoms with Gasteiger partial charge in [-0.15, -0.1) is 0 Å². The Kier molecular flexibility index (Phi) is 9.36. The highest BCUT2D eigenvalue weighted by atomic mass is 16.5. The summed E-state index contributed by atoms with van der Waals surface area (Å²) >= 11 is 0. The highest BCUT2D eigenvalue weighted by Crippen LogP contribution is 2.27. The molecule has 2 aromatic rings. The van der Waals surface area contributed by atoms with E-state index < -0.39 is 0 Å². The van der Waals surface area contributed by atoms with Gasteiger partial charge in [-0.05, 0) is 24.1 Å². The summed E-state index contributed by atoms with van der Waals surface area (Å²) in [6.07, 6.45) is 1.04. The van der Waals surface area contributed by atoms with E-state index in [1.165, 1.54) is 5.56 Å². The molecule has 0 radical (unpaired) electrons. The minimum atomic E-state index is 0.0445. The van der Waals surface area contributed by atoms with Gasteiger partial charge in [-0.1, -0.05) is 30.3 Å². The molecule has 170 valence electrons. The second-order valence-corrected chi connectivity index (χ2v) is 7.88. The van der Waals surface area contributed by atoms with E-state index in [4.69, 9.17) is 14.7 Å². The number of carbonyl (C=O) groups excluding carboxylic acids is 1. The van der Waals surface area contributed by atoms with Gasteiger partial charge in [-0.2, -0.15) is 5.26 Å². The van der Waals surface area contributed by atoms with Crippen molar-refractivity contribution in [3.05, 3.63) is 59.7 Å². The molecule has 0 saturated carbocycles. The maximum Gasteiger partial charge on any atom is 0.220 e. The number of hydrogen-bond acceptors (Lipinski definition) is 6. The molecular weight excluding hydrogens is 404 g/mol. The van der Waals surface area contributed by atoms with E-state index in [2.05, 4.69) is 51.5 Å². The van der Waals surface area contributed by atoms with Crippen molar-refractivity contribution in [3.63, 3.8) is 0 Å². The van der Waals surface area contributed by atoms with E-state index in [1.54, 1.807) is 25.3 Å². The van der Waals surface area contributed by atoms with E-state index in [1.807, 2.05) is 0 Å². The summed E-state index contributed by atoms with van der Waals surface area (Å²) in [4.78, 5) is 17.0. The van der Waals surface area contributed by atoms with Crippen LogP contribution in [0.4, 0.5) is 0 Å². The van der Waals surface area contributed by atoms with Gasteiger partial charge in [-0.25, -0.2) is 0 Å². The Bertz CT molecular complexity index is 890. The molecule has 0 aliphatic carbocycles. The highest BCUT2D eigenvalue weighted by Gasteiger charge is 2.16. The van der Waals surface area contributed by atoms with Crippen LogP contribution in [0.5, 0.6) is 11.5 Å². The van der Waals surface area contributed by atoms with Crippen LogP contribution in [0, 0.1) is 11.3 Å². The first-order chi connectivity index (χ1) is 15.7. The molecule has 0 aromatic heterocycles. The number of ether oxygens (including phenoxy) is 2. The Morgan fingerprint density at radius 3 is 2.53 bits per heavy atom. The molecule has 0 unspecified atom stereocenters. The van der Waals surface area contributed by atoms with Crippen LogP contribution in [-0.4, -0.2) is 68.7 Å². The summed E-state index contributed by atoms with van der Waals surface area (Å²) in [5.74, 6) is 1.15. The summed E-state index contributed by atoms with van der Waals surface area (Å²) in [6.45, 7) is 7.14. The predicted octanol–water partition coefficient (Wildman–Crippen LogP) is 2.66. The van der Waals surface area contributed by atoms with Crippen molar-refractivity contribution in [2.24, 2.45) is 0 Å². The molecule has 32 heavy (non-hydrogen) atoms. The highest BCUT2D eigenvalue weighted by molar-refractivity contribution is 5.75. The first-order valence-corrected chi connectivity index (χ1v) is 11.1. The van der Waals surface area contributed by atoms with Crippen molar-refractivity contribution in [2.75, 3.05) is 53.0 Å². The lowest BCUT2D eigenvalue weighted by atomic mass is 10.2. The standard InChI is InChI=1S/C25H32N4O3/c1-31-24-18-22(19-26)9-10-23(24)32-17-5-8-25(30)27-11-12-28-13-15-29(16-14-28)20-21-6-3-2-4-7-21/h2-4,6-7,9-10,18H,5,8,11-17,20H2,1H3,(H,27,30). The fourth-order valence-electron chi connectivity index (χ4n) is 3.73. The molecule has 1 amide bonds. The van der Waals surface area contributed by atoms with Gasteiger partial charge in [0.15, 0.2) is 11.5 Å². The van der Waals surface area contributed by atoms with Crippen LogP contribution in [0.15, 0.2) is 48.5 Å². The molecule has 1 aliphatic heterocycles. The van der Waals surface area contributed by atoms with Gasteiger partial charge in [0.1, 0.15) is 0 Å². The molecule has 7 heteroatoms. The Morgan fingerprint density at radius 2 is 1.81 bits per heavy atom. The van der Waals surface area contributed by atoms with E-state index in [9.17, 15) is 4.79 Å². The first kappa shape index (κ1) is 23.6.